The molecule has 4 nitrogen and oxygen atoms in total. The number of aliphatic hydroxyl groups is 1. The van der Waals surface area contributed by atoms with Gasteiger partial charge < -0.3 is 10.0 Å². The maximum absolute atomic E-state index is 12.8. The smallest absolute Gasteiger partial charge is 0.141 e. The highest BCUT2D eigenvalue weighted by molar-refractivity contribution is 5.08. The number of hydrogen-bond acceptors (Lipinski definition) is 4. The highest BCUT2D eigenvalue weighted by Gasteiger charge is 2.28. The minimum absolute atomic E-state index is 0.361. The second-order valence-electron chi connectivity index (χ2n) is 6.19. The summed E-state index contributed by atoms with van der Waals surface area (Å²) < 4.78 is 12.8. The Morgan fingerprint density at radius 3 is 2.95 bits per heavy atom. The van der Waals surface area contributed by atoms with Crippen molar-refractivity contribution in [2.45, 2.75) is 37.8 Å². The molecule has 2 aliphatic rings. The summed E-state index contributed by atoms with van der Waals surface area (Å²) in [5, 5.41) is 10.2. The van der Waals surface area contributed by atoms with Crippen molar-refractivity contribution in [1.29, 1.82) is 0 Å². The van der Waals surface area contributed by atoms with Gasteiger partial charge in [-0.3, -0.25) is 9.88 Å². The van der Waals surface area contributed by atoms with Crippen LogP contribution < -0.4 is 0 Å². The minimum Gasteiger partial charge on any atom is -0.387 e. The summed E-state index contributed by atoms with van der Waals surface area (Å²) in [7, 11) is 0. The molecule has 2 saturated heterocycles. The molecule has 1 aromatic heterocycles. The van der Waals surface area contributed by atoms with E-state index in [9.17, 15) is 9.50 Å². The predicted octanol–water partition coefficient (Wildman–Crippen LogP) is 1.81. The van der Waals surface area contributed by atoms with Crippen molar-refractivity contribution in [1.82, 2.24) is 14.8 Å². The quantitative estimate of drug-likeness (QED) is 0.919. The van der Waals surface area contributed by atoms with Crippen molar-refractivity contribution in [3.63, 3.8) is 0 Å². The van der Waals surface area contributed by atoms with Crippen LogP contribution in [0.25, 0.3) is 0 Å². The zero-order chi connectivity index (χ0) is 14.7. The summed E-state index contributed by atoms with van der Waals surface area (Å²) in [5.41, 5.74) is 0.564. The standard InChI is InChI=1S/C16H24FN3O/c17-13-4-5-15(18-11-13)16(21)6-10-19-7-2-9-20-8-1-3-14(20)12-19/h4-5,11,14,16,21H,1-3,6-10,12H2. The number of aromatic nitrogens is 1. The number of halogens is 1. The zero-order valence-electron chi connectivity index (χ0n) is 12.4. The summed E-state index contributed by atoms with van der Waals surface area (Å²) in [6, 6.07) is 3.63. The molecule has 0 spiro atoms. The SMILES string of the molecule is OC(CCN1CCCN2CCCC2C1)c1ccc(F)cn1. The van der Waals surface area contributed by atoms with E-state index in [1.165, 1.54) is 44.6 Å². The summed E-state index contributed by atoms with van der Waals surface area (Å²) in [6.07, 6.45) is 5.06. The first-order valence-corrected chi connectivity index (χ1v) is 7.98. The van der Waals surface area contributed by atoms with Crippen LogP contribution in [0.5, 0.6) is 0 Å². The second-order valence-corrected chi connectivity index (χ2v) is 6.19. The van der Waals surface area contributed by atoms with E-state index in [4.69, 9.17) is 0 Å². The molecular formula is C16H24FN3O. The van der Waals surface area contributed by atoms with Gasteiger partial charge in [-0.05, 0) is 57.5 Å². The fourth-order valence-electron chi connectivity index (χ4n) is 3.52. The fourth-order valence-corrected chi connectivity index (χ4v) is 3.52. The third-order valence-corrected chi connectivity index (χ3v) is 4.70. The lowest BCUT2D eigenvalue weighted by molar-refractivity contribution is 0.134. The van der Waals surface area contributed by atoms with Crippen LogP contribution in [0.1, 0.15) is 37.5 Å². The van der Waals surface area contributed by atoms with E-state index in [1.807, 2.05) is 0 Å². The topological polar surface area (TPSA) is 39.6 Å². The Bertz CT molecular complexity index is 453. The molecule has 116 valence electrons. The number of pyridine rings is 1. The Labute approximate surface area is 125 Å². The number of hydrogen-bond donors (Lipinski definition) is 1. The van der Waals surface area contributed by atoms with Crippen molar-refractivity contribution >= 4 is 0 Å². The summed E-state index contributed by atoms with van der Waals surface area (Å²) in [4.78, 5) is 9.03. The predicted molar refractivity (Wildman–Crippen MR) is 79.4 cm³/mol. The third-order valence-electron chi connectivity index (χ3n) is 4.70. The van der Waals surface area contributed by atoms with Crippen molar-refractivity contribution in [3.05, 3.63) is 29.8 Å². The Morgan fingerprint density at radius 2 is 2.14 bits per heavy atom. The van der Waals surface area contributed by atoms with Gasteiger partial charge in [0.1, 0.15) is 5.82 Å². The van der Waals surface area contributed by atoms with Crippen LogP contribution >= 0.6 is 0 Å². The molecular weight excluding hydrogens is 269 g/mol. The van der Waals surface area contributed by atoms with Gasteiger partial charge in [-0.25, -0.2) is 4.39 Å². The Kier molecular flexibility index (Phi) is 4.83. The van der Waals surface area contributed by atoms with E-state index in [0.29, 0.717) is 18.2 Å². The molecule has 2 aliphatic heterocycles. The molecule has 0 radical (unpaired) electrons. The minimum atomic E-state index is -0.603. The number of rotatable bonds is 4. The Hall–Kier alpha value is -1.04. The normalized spacial score (nSPS) is 25.5. The first kappa shape index (κ1) is 14.9. The molecule has 1 aromatic rings. The molecule has 2 unspecified atom stereocenters. The van der Waals surface area contributed by atoms with Crippen molar-refractivity contribution < 1.29 is 9.50 Å². The largest absolute Gasteiger partial charge is 0.387 e. The van der Waals surface area contributed by atoms with Gasteiger partial charge in [-0.15, -0.1) is 0 Å². The molecule has 0 amide bonds. The van der Waals surface area contributed by atoms with E-state index in [2.05, 4.69) is 14.8 Å². The molecule has 3 rings (SSSR count). The van der Waals surface area contributed by atoms with Gasteiger partial charge in [-0.2, -0.15) is 0 Å². The molecule has 1 N–H and O–H groups in total. The molecule has 2 fully saturated rings. The molecule has 0 aromatic carbocycles. The molecule has 21 heavy (non-hydrogen) atoms. The van der Waals surface area contributed by atoms with Gasteiger partial charge >= 0.3 is 0 Å². The summed E-state index contributed by atoms with van der Waals surface area (Å²) in [6.45, 7) is 5.56. The average Bonchev–Trinajstić information content (AvgIpc) is 2.83. The van der Waals surface area contributed by atoms with E-state index in [1.54, 1.807) is 6.07 Å². The van der Waals surface area contributed by atoms with E-state index in [0.717, 1.165) is 19.6 Å². The molecule has 3 heterocycles. The third kappa shape index (κ3) is 3.78. The van der Waals surface area contributed by atoms with Crippen molar-refractivity contribution in [2.24, 2.45) is 0 Å². The lowest BCUT2D eigenvalue weighted by Gasteiger charge is -2.26. The van der Waals surface area contributed by atoms with Crippen molar-refractivity contribution in [2.75, 3.05) is 32.7 Å². The van der Waals surface area contributed by atoms with Crippen LogP contribution in [0.4, 0.5) is 4.39 Å². The van der Waals surface area contributed by atoms with Crippen molar-refractivity contribution in [3.8, 4) is 0 Å². The fraction of sp³-hybridized carbons (Fsp3) is 0.688. The molecule has 5 heteroatoms. The van der Waals surface area contributed by atoms with Gasteiger partial charge in [0, 0.05) is 19.1 Å². The van der Waals surface area contributed by atoms with Crippen LogP contribution in [0.15, 0.2) is 18.3 Å². The molecule has 0 saturated carbocycles. The lowest BCUT2D eigenvalue weighted by atomic mass is 10.1. The molecule has 2 atom stereocenters. The summed E-state index contributed by atoms with van der Waals surface area (Å²) >= 11 is 0. The number of nitrogens with zero attached hydrogens (tertiary/aromatic N) is 3. The van der Waals surface area contributed by atoms with Gasteiger partial charge in [0.05, 0.1) is 18.0 Å². The monoisotopic (exact) mass is 293 g/mol. The summed E-state index contributed by atoms with van der Waals surface area (Å²) in [5.74, 6) is -0.361. The van der Waals surface area contributed by atoms with Gasteiger partial charge in [-0.1, -0.05) is 0 Å². The van der Waals surface area contributed by atoms with Gasteiger partial charge in [0.25, 0.3) is 0 Å². The Balaban J connectivity index is 1.50. The highest BCUT2D eigenvalue weighted by atomic mass is 19.1. The van der Waals surface area contributed by atoms with Gasteiger partial charge in [0.15, 0.2) is 0 Å². The van der Waals surface area contributed by atoms with Crippen LogP contribution in [0, 0.1) is 5.82 Å². The van der Waals surface area contributed by atoms with Gasteiger partial charge in [0.2, 0.25) is 0 Å². The molecule has 0 aliphatic carbocycles. The van der Waals surface area contributed by atoms with E-state index < -0.39 is 6.10 Å². The number of aliphatic hydroxyl groups excluding tert-OH is 1. The zero-order valence-corrected chi connectivity index (χ0v) is 12.4. The number of fused-ring (bicyclic) bond motifs is 1. The maximum atomic E-state index is 12.8. The van der Waals surface area contributed by atoms with E-state index in [-0.39, 0.29) is 5.82 Å². The van der Waals surface area contributed by atoms with E-state index >= 15 is 0 Å². The first-order chi connectivity index (χ1) is 10.2. The lowest BCUT2D eigenvalue weighted by Crippen LogP contribution is -2.37. The van der Waals surface area contributed by atoms with Crippen LogP contribution in [0.2, 0.25) is 0 Å². The Morgan fingerprint density at radius 1 is 1.29 bits per heavy atom. The second kappa shape index (κ2) is 6.81. The van der Waals surface area contributed by atoms with Crippen LogP contribution in [-0.4, -0.2) is 58.7 Å². The molecule has 0 bridgehead atoms. The van der Waals surface area contributed by atoms with Crippen LogP contribution in [0.3, 0.4) is 0 Å². The van der Waals surface area contributed by atoms with Crippen LogP contribution in [-0.2, 0) is 0 Å². The average molecular weight is 293 g/mol. The first-order valence-electron chi connectivity index (χ1n) is 7.98. The maximum Gasteiger partial charge on any atom is 0.141 e. The highest BCUT2D eigenvalue weighted by Crippen LogP contribution is 2.22.